The van der Waals surface area contributed by atoms with Gasteiger partial charge in [-0.1, -0.05) is 38.1 Å². The van der Waals surface area contributed by atoms with Crippen molar-refractivity contribution in [2.75, 3.05) is 13.6 Å². The van der Waals surface area contributed by atoms with Crippen molar-refractivity contribution in [1.29, 1.82) is 0 Å². The van der Waals surface area contributed by atoms with E-state index in [-0.39, 0.29) is 5.54 Å². The van der Waals surface area contributed by atoms with Crippen molar-refractivity contribution in [2.45, 2.75) is 46.3 Å². The number of hydrogen-bond acceptors (Lipinski definition) is 3. The van der Waals surface area contributed by atoms with E-state index < -0.39 is 0 Å². The average molecular weight is 340 g/mol. The quantitative estimate of drug-likeness (QED) is 0.686. The minimum Gasteiger partial charge on any atom is -0.352 e. The number of benzene rings is 1. The maximum absolute atomic E-state index is 4.48. The lowest BCUT2D eigenvalue weighted by Crippen LogP contribution is -2.72. The summed E-state index contributed by atoms with van der Waals surface area (Å²) in [7, 11) is 1.85. The SMILES string of the molecule is CN=C(NCc1cccc(Cn2cncn2)c1)N1CC(C)(C)C1(C)C. The number of guanidine groups is 1. The highest BCUT2D eigenvalue weighted by Crippen LogP contribution is 2.46. The van der Waals surface area contributed by atoms with Gasteiger partial charge in [-0.2, -0.15) is 5.10 Å². The fourth-order valence-electron chi connectivity index (χ4n) is 3.22. The van der Waals surface area contributed by atoms with Gasteiger partial charge in [0.15, 0.2) is 5.96 Å². The normalized spacial score (nSPS) is 18.8. The Bertz CT molecular complexity index is 745. The van der Waals surface area contributed by atoms with Crippen molar-refractivity contribution < 1.29 is 0 Å². The van der Waals surface area contributed by atoms with Crippen LogP contribution >= 0.6 is 0 Å². The minimum atomic E-state index is 0.101. The van der Waals surface area contributed by atoms with E-state index in [2.05, 4.69) is 77.3 Å². The number of aromatic nitrogens is 3. The zero-order valence-corrected chi connectivity index (χ0v) is 15.8. The van der Waals surface area contributed by atoms with Gasteiger partial charge in [0, 0.05) is 31.1 Å². The molecule has 25 heavy (non-hydrogen) atoms. The molecule has 0 saturated carbocycles. The van der Waals surface area contributed by atoms with Gasteiger partial charge in [-0.25, -0.2) is 9.67 Å². The van der Waals surface area contributed by atoms with E-state index in [0.717, 1.165) is 25.6 Å². The van der Waals surface area contributed by atoms with Crippen LogP contribution in [-0.4, -0.2) is 44.8 Å². The molecule has 1 aliphatic heterocycles. The Labute approximate surface area is 150 Å². The van der Waals surface area contributed by atoms with E-state index in [1.54, 1.807) is 12.7 Å². The summed E-state index contributed by atoms with van der Waals surface area (Å²) in [5.74, 6) is 0.964. The summed E-state index contributed by atoms with van der Waals surface area (Å²) in [4.78, 5) is 10.8. The van der Waals surface area contributed by atoms with Gasteiger partial charge in [-0.05, 0) is 25.0 Å². The van der Waals surface area contributed by atoms with Crippen molar-refractivity contribution in [3.63, 3.8) is 0 Å². The fraction of sp³-hybridized carbons (Fsp3) is 0.526. The standard InChI is InChI=1S/C19H28N6/c1-18(2)12-25(19(18,3)4)17(20-5)22-10-15-7-6-8-16(9-15)11-24-14-21-13-23-24/h6-9,13-14H,10-12H2,1-5H3,(H,20,22). The molecule has 1 saturated heterocycles. The number of nitrogens with zero attached hydrogens (tertiary/aromatic N) is 5. The maximum atomic E-state index is 4.48. The predicted molar refractivity (Wildman–Crippen MR) is 100 cm³/mol. The van der Waals surface area contributed by atoms with Crippen LogP contribution in [0.15, 0.2) is 41.9 Å². The molecule has 0 spiro atoms. The Hall–Kier alpha value is -2.37. The Morgan fingerprint density at radius 1 is 1.24 bits per heavy atom. The molecule has 3 rings (SSSR count). The Morgan fingerprint density at radius 3 is 2.60 bits per heavy atom. The lowest BCUT2D eigenvalue weighted by molar-refractivity contribution is -0.0667. The second-order valence-electron chi connectivity index (χ2n) is 7.84. The Kier molecular flexibility index (Phi) is 4.54. The van der Waals surface area contributed by atoms with E-state index >= 15 is 0 Å². The van der Waals surface area contributed by atoms with Gasteiger partial charge >= 0.3 is 0 Å². The van der Waals surface area contributed by atoms with Crippen molar-refractivity contribution in [2.24, 2.45) is 10.4 Å². The lowest BCUT2D eigenvalue weighted by atomic mass is 9.65. The molecule has 6 heteroatoms. The predicted octanol–water partition coefficient (Wildman–Crippen LogP) is 2.52. The molecule has 1 aliphatic rings. The molecule has 134 valence electrons. The first-order chi connectivity index (χ1) is 11.8. The van der Waals surface area contributed by atoms with Gasteiger partial charge in [0.1, 0.15) is 12.7 Å². The van der Waals surface area contributed by atoms with Crippen LogP contribution in [0.5, 0.6) is 0 Å². The molecule has 1 N–H and O–H groups in total. The zero-order valence-electron chi connectivity index (χ0n) is 15.8. The van der Waals surface area contributed by atoms with Crippen LogP contribution in [0.1, 0.15) is 38.8 Å². The van der Waals surface area contributed by atoms with Gasteiger partial charge in [-0.3, -0.25) is 4.99 Å². The molecule has 6 nitrogen and oxygen atoms in total. The molecular formula is C19H28N6. The largest absolute Gasteiger partial charge is 0.352 e. The van der Waals surface area contributed by atoms with Crippen molar-refractivity contribution in [3.05, 3.63) is 48.0 Å². The number of nitrogens with one attached hydrogen (secondary N) is 1. The van der Waals surface area contributed by atoms with Crippen LogP contribution in [0, 0.1) is 5.41 Å². The summed E-state index contributed by atoms with van der Waals surface area (Å²) in [5, 5.41) is 7.67. The van der Waals surface area contributed by atoms with Gasteiger partial charge in [0.05, 0.1) is 6.54 Å². The first-order valence-corrected chi connectivity index (χ1v) is 8.72. The smallest absolute Gasteiger partial charge is 0.194 e. The second kappa shape index (κ2) is 6.50. The molecule has 0 aliphatic carbocycles. The van der Waals surface area contributed by atoms with E-state index in [9.17, 15) is 0 Å². The van der Waals surface area contributed by atoms with E-state index in [4.69, 9.17) is 0 Å². The number of likely N-dealkylation sites (tertiary alicyclic amines) is 1. The summed E-state index contributed by atoms with van der Waals surface area (Å²) >= 11 is 0. The summed E-state index contributed by atoms with van der Waals surface area (Å²) in [6.45, 7) is 11.7. The van der Waals surface area contributed by atoms with Crippen molar-refractivity contribution in [3.8, 4) is 0 Å². The topological polar surface area (TPSA) is 58.3 Å². The lowest BCUT2D eigenvalue weighted by Gasteiger charge is -2.62. The molecule has 0 unspecified atom stereocenters. The molecule has 1 aromatic carbocycles. The van der Waals surface area contributed by atoms with Crippen LogP contribution < -0.4 is 5.32 Å². The third kappa shape index (κ3) is 3.38. The number of aliphatic imine (C=N–C) groups is 1. The molecule has 0 radical (unpaired) electrons. The van der Waals surface area contributed by atoms with Crippen LogP contribution in [0.2, 0.25) is 0 Å². The highest BCUT2D eigenvalue weighted by molar-refractivity contribution is 5.82. The van der Waals surface area contributed by atoms with E-state index in [1.807, 2.05) is 11.7 Å². The highest BCUT2D eigenvalue weighted by atomic mass is 15.4. The minimum absolute atomic E-state index is 0.101. The molecule has 2 aromatic rings. The summed E-state index contributed by atoms with van der Waals surface area (Å²) < 4.78 is 1.83. The molecule has 0 amide bonds. The Morgan fingerprint density at radius 2 is 2.00 bits per heavy atom. The monoisotopic (exact) mass is 340 g/mol. The van der Waals surface area contributed by atoms with Gasteiger partial charge in [0.25, 0.3) is 0 Å². The first-order valence-electron chi connectivity index (χ1n) is 8.72. The first kappa shape index (κ1) is 17.5. The van der Waals surface area contributed by atoms with Crippen LogP contribution in [0.25, 0.3) is 0 Å². The van der Waals surface area contributed by atoms with Crippen molar-refractivity contribution >= 4 is 5.96 Å². The summed E-state index contributed by atoms with van der Waals surface area (Å²) in [6, 6.07) is 8.53. The molecule has 0 bridgehead atoms. The Balaban J connectivity index is 1.63. The molecule has 1 fully saturated rings. The molecule has 0 atom stereocenters. The number of rotatable bonds is 4. The fourth-order valence-corrected chi connectivity index (χ4v) is 3.22. The van der Waals surface area contributed by atoms with E-state index in [1.165, 1.54) is 11.1 Å². The van der Waals surface area contributed by atoms with Crippen molar-refractivity contribution in [1.82, 2.24) is 25.0 Å². The van der Waals surface area contributed by atoms with Gasteiger partial charge < -0.3 is 10.2 Å². The zero-order chi connectivity index (χ0) is 18.1. The third-order valence-corrected chi connectivity index (χ3v) is 5.61. The van der Waals surface area contributed by atoms with E-state index in [0.29, 0.717) is 5.41 Å². The third-order valence-electron chi connectivity index (χ3n) is 5.61. The second-order valence-corrected chi connectivity index (χ2v) is 7.84. The van der Waals surface area contributed by atoms with Gasteiger partial charge in [-0.15, -0.1) is 0 Å². The van der Waals surface area contributed by atoms with Crippen LogP contribution in [0.4, 0.5) is 0 Å². The average Bonchev–Trinajstić information content (AvgIpc) is 3.07. The van der Waals surface area contributed by atoms with Crippen LogP contribution in [-0.2, 0) is 13.1 Å². The maximum Gasteiger partial charge on any atom is 0.194 e. The summed E-state index contributed by atoms with van der Waals surface area (Å²) in [5.41, 5.74) is 2.84. The molecule has 1 aromatic heterocycles. The summed E-state index contributed by atoms with van der Waals surface area (Å²) in [6.07, 6.45) is 3.30. The molecule has 2 heterocycles. The molecular weight excluding hydrogens is 312 g/mol. The highest BCUT2D eigenvalue weighted by Gasteiger charge is 2.53. The van der Waals surface area contributed by atoms with Gasteiger partial charge in [0.2, 0.25) is 0 Å². The van der Waals surface area contributed by atoms with Crippen LogP contribution in [0.3, 0.4) is 0 Å². The number of hydrogen-bond donors (Lipinski definition) is 1.